The Labute approximate surface area is 187 Å². The van der Waals surface area contributed by atoms with Crippen molar-refractivity contribution in [1.29, 1.82) is 0 Å². The van der Waals surface area contributed by atoms with E-state index in [4.69, 9.17) is 4.74 Å². The predicted molar refractivity (Wildman–Crippen MR) is 118 cm³/mol. The average Bonchev–Trinajstić information content (AvgIpc) is 3.29. The molecule has 3 heterocycles. The third-order valence-corrected chi connectivity index (χ3v) is 6.67. The Morgan fingerprint density at radius 2 is 2.16 bits per heavy atom. The Morgan fingerprint density at radius 3 is 2.88 bits per heavy atom. The predicted octanol–water partition coefficient (Wildman–Crippen LogP) is 1.36. The number of nitrogens with zero attached hydrogens (tertiary/aromatic N) is 4. The lowest BCUT2D eigenvalue weighted by Gasteiger charge is -2.36. The van der Waals surface area contributed by atoms with E-state index in [2.05, 4.69) is 31.7 Å². The quantitative estimate of drug-likeness (QED) is 0.677. The number of ether oxygens (including phenoxy) is 1. The van der Waals surface area contributed by atoms with E-state index >= 15 is 0 Å². The number of fused-ring (bicyclic) bond motifs is 1. The summed E-state index contributed by atoms with van der Waals surface area (Å²) < 4.78 is 6.94. The molecule has 2 aromatic rings. The lowest BCUT2D eigenvalue weighted by molar-refractivity contribution is -0.127. The number of hydrogen-bond donors (Lipinski definition) is 2. The topological polar surface area (TPSA) is 101 Å². The summed E-state index contributed by atoms with van der Waals surface area (Å²) in [5.74, 6) is 0.774. The van der Waals surface area contributed by atoms with Gasteiger partial charge in [-0.2, -0.15) is 0 Å². The summed E-state index contributed by atoms with van der Waals surface area (Å²) in [6.07, 6.45) is 5.57. The van der Waals surface area contributed by atoms with Gasteiger partial charge in [-0.1, -0.05) is 12.1 Å². The van der Waals surface area contributed by atoms with E-state index in [0.29, 0.717) is 24.9 Å². The van der Waals surface area contributed by atoms with E-state index in [1.54, 1.807) is 7.05 Å². The molecule has 2 unspecified atom stereocenters. The van der Waals surface area contributed by atoms with Crippen LogP contribution in [-0.2, 0) is 29.5 Å². The zero-order valence-corrected chi connectivity index (χ0v) is 18.4. The van der Waals surface area contributed by atoms with Crippen LogP contribution in [0.1, 0.15) is 41.0 Å². The summed E-state index contributed by atoms with van der Waals surface area (Å²) in [7, 11) is 1.73. The summed E-state index contributed by atoms with van der Waals surface area (Å²) >= 11 is 0. The van der Waals surface area contributed by atoms with E-state index in [1.165, 1.54) is 16.6 Å². The molecule has 2 fully saturated rings. The highest BCUT2D eigenvalue weighted by Gasteiger charge is 2.41. The molecule has 32 heavy (non-hydrogen) atoms. The number of anilines is 1. The Hall–Kier alpha value is -2.78. The molecule has 1 saturated carbocycles. The number of nitrogens with one attached hydrogen (secondary N) is 2. The second kappa shape index (κ2) is 8.99. The molecule has 9 heteroatoms. The Kier molecular flexibility index (Phi) is 5.93. The van der Waals surface area contributed by atoms with E-state index in [1.807, 2.05) is 12.1 Å². The van der Waals surface area contributed by atoms with Crippen LogP contribution in [0.3, 0.4) is 0 Å². The zero-order chi connectivity index (χ0) is 22.1. The second-order valence-corrected chi connectivity index (χ2v) is 9.12. The van der Waals surface area contributed by atoms with Crippen molar-refractivity contribution in [3.63, 3.8) is 0 Å². The number of amides is 2. The summed E-state index contributed by atoms with van der Waals surface area (Å²) in [5.41, 5.74) is 3.06. The Bertz CT molecular complexity index is 995. The summed E-state index contributed by atoms with van der Waals surface area (Å²) in [4.78, 5) is 32.1. The Balaban J connectivity index is 1.30. The van der Waals surface area contributed by atoms with Crippen LogP contribution >= 0.6 is 0 Å². The summed E-state index contributed by atoms with van der Waals surface area (Å²) in [6, 6.07) is 5.86. The molecule has 3 aliphatic rings. The van der Waals surface area contributed by atoms with Gasteiger partial charge in [0.15, 0.2) is 0 Å². The molecule has 5 rings (SSSR count). The number of aryl methyl sites for hydroxylation is 1. The van der Waals surface area contributed by atoms with Gasteiger partial charge in [-0.3, -0.25) is 19.2 Å². The average molecular weight is 439 g/mol. The lowest BCUT2D eigenvalue weighted by Crippen LogP contribution is -2.50. The highest BCUT2D eigenvalue weighted by molar-refractivity contribution is 6.02. The van der Waals surface area contributed by atoms with Gasteiger partial charge in [0.2, 0.25) is 11.7 Å². The van der Waals surface area contributed by atoms with Crippen LogP contribution in [0, 0.1) is 11.8 Å². The maximum Gasteiger partial charge on any atom is 0.295 e. The van der Waals surface area contributed by atoms with Crippen LogP contribution in [0.4, 0.5) is 5.69 Å². The van der Waals surface area contributed by atoms with Gasteiger partial charge in [0.1, 0.15) is 6.33 Å². The Morgan fingerprint density at radius 1 is 1.28 bits per heavy atom. The van der Waals surface area contributed by atoms with Crippen molar-refractivity contribution in [2.24, 2.45) is 18.9 Å². The fourth-order valence-corrected chi connectivity index (χ4v) is 4.76. The molecule has 2 amide bonds. The number of carbonyl (C=O) groups is 2. The minimum atomic E-state index is -0.327. The third kappa shape index (κ3) is 4.54. The van der Waals surface area contributed by atoms with Crippen molar-refractivity contribution in [3.8, 4) is 0 Å². The second-order valence-electron chi connectivity index (χ2n) is 9.12. The lowest BCUT2D eigenvalue weighted by atomic mass is 9.95. The monoisotopic (exact) mass is 438 g/mol. The van der Waals surface area contributed by atoms with E-state index < -0.39 is 0 Å². The number of aromatic nitrogens is 3. The van der Waals surface area contributed by atoms with E-state index in [0.717, 1.165) is 56.7 Å². The normalized spacial score (nSPS) is 21.7. The molecule has 1 saturated heterocycles. The molecule has 2 atom stereocenters. The maximum absolute atomic E-state index is 13.2. The standard InChI is InChI=1S/C23H30N6O3/c1-28-14-25-21(27-28)23(31)26-19-4-2-3-16-7-9-29(12-18(16)19)20(17-5-6-17)22(30)24-11-15-8-10-32-13-15/h2-4,14-15,17,20H,5-13H2,1H3,(H,24,30)(H,26,31). The van der Waals surface area contributed by atoms with Gasteiger partial charge in [0, 0.05) is 44.9 Å². The van der Waals surface area contributed by atoms with Crippen molar-refractivity contribution in [2.45, 2.75) is 38.3 Å². The third-order valence-electron chi connectivity index (χ3n) is 6.67. The first-order valence-electron chi connectivity index (χ1n) is 11.5. The molecule has 0 radical (unpaired) electrons. The van der Waals surface area contributed by atoms with Crippen molar-refractivity contribution >= 4 is 17.5 Å². The van der Waals surface area contributed by atoms with Crippen LogP contribution in [0.2, 0.25) is 0 Å². The van der Waals surface area contributed by atoms with Crippen LogP contribution in [0.5, 0.6) is 0 Å². The molecule has 170 valence electrons. The van der Waals surface area contributed by atoms with Gasteiger partial charge < -0.3 is 15.4 Å². The van der Waals surface area contributed by atoms with Gasteiger partial charge in [-0.25, -0.2) is 4.98 Å². The van der Waals surface area contributed by atoms with Crippen molar-refractivity contribution in [3.05, 3.63) is 41.5 Å². The largest absolute Gasteiger partial charge is 0.381 e. The minimum Gasteiger partial charge on any atom is -0.381 e. The number of hydrogen-bond acceptors (Lipinski definition) is 6. The van der Waals surface area contributed by atoms with Crippen LogP contribution in [0.25, 0.3) is 0 Å². The molecule has 1 aromatic carbocycles. The highest BCUT2D eigenvalue weighted by Crippen LogP contribution is 2.38. The molecule has 2 aliphatic heterocycles. The first-order valence-corrected chi connectivity index (χ1v) is 11.5. The summed E-state index contributed by atoms with van der Waals surface area (Å²) in [6.45, 7) is 3.69. The first-order chi connectivity index (χ1) is 15.6. The van der Waals surface area contributed by atoms with Gasteiger partial charge in [0.05, 0.1) is 12.6 Å². The molecule has 1 aliphatic carbocycles. The van der Waals surface area contributed by atoms with Gasteiger partial charge in [-0.05, 0) is 48.8 Å². The number of carbonyl (C=O) groups excluding carboxylic acids is 2. The molecular weight excluding hydrogens is 408 g/mol. The van der Waals surface area contributed by atoms with Gasteiger partial charge in [0.25, 0.3) is 5.91 Å². The zero-order valence-electron chi connectivity index (χ0n) is 18.4. The van der Waals surface area contributed by atoms with Gasteiger partial charge in [-0.15, -0.1) is 5.10 Å². The molecule has 9 nitrogen and oxygen atoms in total. The fourth-order valence-electron chi connectivity index (χ4n) is 4.76. The smallest absolute Gasteiger partial charge is 0.295 e. The maximum atomic E-state index is 13.2. The van der Waals surface area contributed by atoms with Gasteiger partial charge >= 0.3 is 0 Å². The number of rotatable bonds is 7. The minimum absolute atomic E-state index is 0.119. The molecule has 2 N–H and O–H groups in total. The van der Waals surface area contributed by atoms with Crippen molar-refractivity contribution in [1.82, 2.24) is 25.0 Å². The van der Waals surface area contributed by atoms with E-state index in [-0.39, 0.29) is 23.7 Å². The van der Waals surface area contributed by atoms with Crippen LogP contribution < -0.4 is 10.6 Å². The molecule has 0 spiro atoms. The van der Waals surface area contributed by atoms with Crippen LogP contribution in [-0.4, -0.2) is 63.8 Å². The van der Waals surface area contributed by atoms with Crippen LogP contribution in [0.15, 0.2) is 24.5 Å². The fraction of sp³-hybridized carbons (Fsp3) is 0.565. The first kappa shape index (κ1) is 21.1. The number of benzene rings is 1. The summed E-state index contributed by atoms with van der Waals surface area (Å²) in [5, 5.41) is 10.3. The molecule has 0 bridgehead atoms. The molecular formula is C23H30N6O3. The highest BCUT2D eigenvalue weighted by atomic mass is 16.5. The van der Waals surface area contributed by atoms with E-state index in [9.17, 15) is 9.59 Å². The van der Waals surface area contributed by atoms with Crippen molar-refractivity contribution in [2.75, 3.05) is 31.6 Å². The molecule has 1 aromatic heterocycles. The van der Waals surface area contributed by atoms with Crippen molar-refractivity contribution < 1.29 is 14.3 Å². The SMILES string of the molecule is Cn1cnc(C(=O)Nc2cccc3c2CN(C(C(=O)NCC2CCOC2)C2CC2)CC3)n1.